The van der Waals surface area contributed by atoms with Gasteiger partial charge in [-0.15, -0.1) is 0 Å². The molecule has 0 aliphatic carbocycles. The molecule has 0 saturated carbocycles. The number of carbonyl (C=O) groups is 1. The van der Waals surface area contributed by atoms with Gasteiger partial charge in [0.2, 0.25) is 0 Å². The van der Waals surface area contributed by atoms with Crippen molar-refractivity contribution in [1.82, 2.24) is 9.78 Å². The fourth-order valence-corrected chi connectivity index (χ4v) is 1.70. The van der Waals surface area contributed by atoms with Crippen LogP contribution in [0.1, 0.15) is 37.9 Å². The van der Waals surface area contributed by atoms with Crippen LogP contribution in [0.5, 0.6) is 0 Å². The third-order valence-electron chi connectivity index (χ3n) is 2.43. The van der Waals surface area contributed by atoms with Crippen molar-refractivity contribution in [2.75, 3.05) is 0 Å². The van der Waals surface area contributed by atoms with Gasteiger partial charge >= 0.3 is 5.97 Å². The fraction of sp³-hybridized carbons (Fsp3) is 0.636. The summed E-state index contributed by atoms with van der Waals surface area (Å²) in [5.41, 5.74) is 2.28. The van der Waals surface area contributed by atoms with E-state index in [4.69, 9.17) is 5.11 Å². The second-order valence-corrected chi connectivity index (χ2v) is 3.58. The number of aryl methyl sites for hydroxylation is 2. The first-order valence-corrected chi connectivity index (χ1v) is 5.44. The van der Waals surface area contributed by atoms with Crippen molar-refractivity contribution in [1.29, 1.82) is 0 Å². The molecule has 0 fully saturated rings. The van der Waals surface area contributed by atoms with Crippen LogP contribution in [-0.4, -0.2) is 20.9 Å². The van der Waals surface area contributed by atoms with Gasteiger partial charge in [0, 0.05) is 18.7 Å². The van der Waals surface area contributed by atoms with Gasteiger partial charge < -0.3 is 5.11 Å². The summed E-state index contributed by atoms with van der Waals surface area (Å²) in [4.78, 5) is 10.5. The maximum atomic E-state index is 10.5. The first kappa shape index (κ1) is 11.8. The van der Waals surface area contributed by atoms with E-state index in [-0.39, 0.29) is 6.42 Å². The molecule has 4 heteroatoms. The Balaban J connectivity index is 2.77. The average Bonchev–Trinajstić information content (AvgIpc) is 2.58. The highest BCUT2D eigenvalue weighted by atomic mass is 16.4. The minimum absolute atomic E-state index is 0.187. The molecule has 0 aromatic carbocycles. The van der Waals surface area contributed by atoms with Crippen molar-refractivity contribution in [3.05, 3.63) is 17.5 Å². The number of nitrogens with zero attached hydrogens (tertiary/aromatic N) is 2. The lowest BCUT2D eigenvalue weighted by Gasteiger charge is -2.05. The molecule has 1 aromatic heterocycles. The zero-order valence-corrected chi connectivity index (χ0v) is 9.36. The fourth-order valence-electron chi connectivity index (χ4n) is 1.70. The van der Waals surface area contributed by atoms with E-state index in [1.807, 2.05) is 11.6 Å². The molecule has 0 amide bonds. The Morgan fingerprint density at radius 1 is 1.47 bits per heavy atom. The molecule has 0 saturated heterocycles. The lowest BCUT2D eigenvalue weighted by molar-refractivity contribution is -0.136. The summed E-state index contributed by atoms with van der Waals surface area (Å²) >= 11 is 0. The van der Waals surface area contributed by atoms with E-state index in [1.54, 1.807) is 6.20 Å². The highest BCUT2D eigenvalue weighted by Crippen LogP contribution is 2.13. The van der Waals surface area contributed by atoms with Crippen molar-refractivity contribution in [2.45, 2.75) is 46.1 Å². The summed E-state index contributed by atoms with van der Waals surface area (Å²) in [6, 6.07) is 0. The number of hydrogen-bond acceptors (Lipinski definition) is 2. The molecule has 1 rings (SSSR count). The average molecular weight is 210 g/mol. The van der Waals surface area contributed by atoms with Gasteiger partial charge in [0.25, 0.3) is 0 Å². The zero-order valence-electron chi connectivity index (χ0n) is 9.36. The van der Waals surface area contributed by atoms with Crippen LogP contribution in [0.3, 0.4) is 0 Å². The molecule has 0 spiro atoms. The van der Waals surface area contributed by atoms with Crippen molar-refractivity contribution in [3.8, 4) is 0 Å². The molecular weight excluding hydrogens is 192 g/mol. The number of aliphatic carboxylic acids is 1. The van der Waals surface area contributed by atoms with Gasteiger partial charge in [0.1, 0.15) is 0 Å². The van der Waals surface area contributed by atoms with Gasteiger partial charge in [0.15, 0.2) is 0 Å². The van der Waals surface area contributed by atoms with Crippen molar-refractivity contribution in [2.24, 2.45) is 0 Å². The van der Waals surface area contributed by atoms with Crippen molar-refractivity contribution >= 4 is 5.97 Å². The summed E-state index contributed by atoms with van der Waals surface area (Å²) in [5.74, 6) is -0.748. The van der Waals surface area contributed by atoms with Gasteiger partial charge in [0.05, 0.1) is 6.20 Å². The molecule has 84 valence electrons. The van der Waals surface area contributed by atoms with Gasteiger partial charge in [-0.2, -0.15) is 5.10 Å². The van der Waals surface area contributed by atoms with Crippen LogP contribution in [0.15, 0.2) is 6.20 Å². The van der Waals surface area contributed by atoms with Crippen LogP contribution < -0.4 is 0 Å². The molecule has 1 N–H and O–H groups in total. The van der Waals surface area contributed by atoms with E-state index < -0.39 is 5.97 Å². The molecule has 0 radical (unpaired) electrons. The van der Waals surface area contributed by atoms with Crippen LogP contribution in [-0.2, 0) is 24.2 Å². The first-order chi connectivity index (χ1) is 7.19. The molecule has 0 aliphatic rings. The van der Waals surface area contributed by atoms with Crippen molar-refractivity contribution in [3.63, 3.8) is 0 Å². The molecule has 0 unspecified atom stereocenters. The highest BCUT2D eigenvalue weighted by Gasteiger charge is 2.10. The summed E-state index contributed by atoms with van der Waals surface area (Å²) < 4.78 is 1.96. The lowest BCUT2D eigenvalue weighted by atomic mass is 10.1. The van der Waals surface area contributed by atoms with Crippen molar-refractivity contribution < 1.29 is 9.90 Å². The minimum atomic E-state index is -0.748. The van der Waals surface area contributed by atoms with E-state index in [9.17, 15) is 4.79 Å². The standard InChI is InChI=1S/C11H18N2O2/c1-3-5-10-9(6-7-11(14)15)8-12-13(10)4-2/h8H,3-7H2,1-2H3,(H,14,15). The van der Waals surface area contributed by atoms with Crippen LogP contribution in [0.2, 0.25) is 0 Å². The molecule has 4 nitrogen and oxygen atoms in total. The van der Waals surface area contributed by atoms with E-state index in [2.05, 4.69) is 12.0 Å². The molecule has 1 aromatic rings. The molecule has 15 heavy (non-hydrogen) atoms. The van der Waals surface area contributed by atoms with Crippen LogP contribution in [0.25, 0.3) is 0 Å². The maximum Gasteiger partial charge on any atom is 0.303 e. The molecular formula is C11H18N2O2. The maximum absolute atomic E-state index is 10.5. The smallest absolute Gasteiger partial charge is 0.303 e. The molecule has 0 bridgehead atoms. The minimum Gasteiger partial charge on any atom is -0.481 e. The van der Waals surface area contributed by atoms with Gasteiger partial charge in [-0.1, -0.05) is 13.3 Å². The Bertz CT molecular complexity index is 331. The topological polar surface area (TPSA) is 55.1 Å². The van der Waals surface area contributed by atoms with Gasteiger partial charge in [-0.05, 0) is 25.3 Å². The second kappa shape index (κ2) is 5.53. The summed E-state index contributed by atoms with van der Waals surface area (Å²) in [6.45, 7) is 5.02. The van der Waals surface area contributed by atoms with Gasteiger partial charge in [-0.3, -0.25) is 9.48 Å². The number of carboxylic acids is 1. The highest BCUT2D eigenvalue weighted by molar-refractivity contribution is 5.67. The molecule has 0 aliphatic heterocycles. The predicted molar refractivity (Wildman–Crippen MR) is 57.9 cm³/mol. The number of aromatic nitrogens is 2. The quantitative estimate of drug-likeness (QED) is 0.779. The molecule has 0 atom stereocenters. The monoisotopic (exact) mass is 210 g/mol. The third-order valence-corrected chi connectivity index (χ3v) is 2.43. The summed E-state index contributed by atoms with van der Waals surface area (Å²) in [5, 5.41) is 12.9. The largest absolute Gasteiger partial charge is 0.481 e. The number of rotatable bonds is 6. The summed E-state index contributed by atoms with van der Waals surface area (Å²) in [7, 11) is 0. The van der Waals surface area contributed by atoms with E-state index in [0.717, 1.165) is 24.9 Å². The summed E-state index contributed by atoms with van der Waals surface area (Å²) in [6.07, 6.45) is 4.61. The van der Waals surface area contributed by atoms with E-state index in [0.29, 0.717) is 6.42 Å². The normalized spacial score (nSPS) is 10.5. The van der Waals surface area contributed by atoms with Gasteiger partial charge in [-0.25, -0.2) is 0 Å². The Hall–Kier alpha value is -1.32. The number of hydrogen-bond donors (Lipinski definition) is 1. The number of carboxylic acid groups (broad SMARTS) is 1. The Morgan fingerprint density at radius 2 is 2.20 bits per heavy atom. The Labute approximate surface area is 89.9 Å². The van der Waals surface area contributed by atoms with Crippen LogP contribution >= 0.6 is 0 Å². The van der Waals surface area contributed by atoms with E-state index in [1.165, 1.54) is 5.69 Å². The predicted octanol–water partition coefficient (Wildman–Crippen LogP) is 1.87. The Kier molecular flexibility index (Phi) is 4.34. The van der Waals surface area contributed by atoms with Crippen LogP contribution in [0.4, 0.5) is 0 Å². The molecule has 1 heterocycles. The Morgan fingerprint density at radius 3 is 2.73 bits per heavy atom. The lowest BCUT2D eigenvalue weighted by Crippen LogP contribution is -2.05. The first-order valence-electron chi connectivity index (χ1n) is 5.44. The third kappa shape index (κ3) is 3.08. The second-order valence-electron chi connectivity index (χ2n) is 3.58. The SMILES string of the molecule is CCCc1c(CCC(=O)O)cnn1CC. The van der Waals surface area contributed by atoms with Crippen LogP contribution in [0, 0.1) is 0 Å². The zero-order chi connectivity index (χ0) is 11.3. The van der Waals surface area contributed by atoms with E-state index >= 15 is 0 Å².